The summed E-state index contributed by atoms with van der Waals surface area (Å²) in [6, 6.07) is 9.89. The molecule has 1 atom stereocenters. The van der Waals surface area contributed by atoms with Crippen molar-refractivity contribution in [1.29, 1.82) is 0 Å². The minimum Gasteiger partial charge on any atom is -0.486 e. The predicted molar refractivity (Wildman–Crippen MR) is 96.3 cm³/mol. The minimum absolute atomic E-state index is 0.0576. The quantitative estimate of drug-likeness (QED) is 0.837. The van der Waals surface area contributed by atoms with Crippen LogP contribution < -0.4 is 4.74 Å². The number of para-hydroxylation sites is 1. The zero-order chi connectivity index (χ0) is 17.5. The third-order valence-corrected chi connectivity index (χ3v) is 4.73. The Balaban J connectivity index is 1.72. The standard InChI is InChI=1S/C19H28N4O2/c1-16(22-11-7-2-3-8-12-22)19-20-18(21-23(19)13-14-24)15-25-17-9-5-4-6-10-17/h4-6,9-10,16,24H,2-3,7-8,11-15H2,1H3. The smallest absolute Gasteiger partial charge is 0.188 e. The Hall–Kier alpha value is -1.92. The lowest BCUT2D eigenvalue weighted by molar-refractivity contribution is 0.199. The number of ether oxygens (including phenoxy) is 1. The van der Waals surface area contributed by atoms with Gasteiger partial charge in [0.25, 0.3) is 0 Å². The van der Waals surface area contributed by atoms with Crippen molar-refractivity contribution in [2.45, 2.75) is 51.8 Å². The molecule has 6 heteroatoms. The highest BCUT2D eigenvalue weighted by molar-refractivity contribution is 5.21. The van der Waals surface area contributed by atoms with Crippen molar-refractivity contribution < 1.29 is 9.84 Å². The van der Waals surface area contributed by atoms with Crippen LogP contribution >= 0.6 is 0 Å². The number of aromatic nitrogens is 3. The van der Waals surface area contributed by atoms with E-state index in [1.54, 1.807) is 0 Å². The molecule has 136 valence electrons. The molecular weight excluding hydrogens is 316 g/mol. The van der Waals surface area contributed by atoms with Crippen LogP contribution in [-0.4, -0.2) is 44.5 Å². The van der Waals surface area contributed by atoms with Crippen LogP contribution in [0.15, 0.2) is 30.3 Å². The van der Waals surface area contributed by atoms with Gasteiger partial charge in [-0.25, -0.2) is 9.67 Å². The van der Waals surface area contributed by atoms with Gasteiger partial charge in [-0.2, -0.15) is 5.10 Å². The Morgan fingerprint density at radius 1 is 1.12 bits per heavy atom. The van der Waals surface area contributed by atoms with Crippen molar-refractivity contribution in [3.8, 4) is 5.75 Å². The fraction of sp³-hybridized carbons (Fsp3) is 0.579. The highest BCUT2D eigenvalue weighted by atomic mass is 16.5. The molecule has 1 fully saturated rings. The number of hydrogen-bond acceptors (Lipinski definition) is 5. The van der Waals surface area contributed by atoms with Crippen LogP contribution in [0.2, 0.25) is 0 Å². The van der Waals surface area contributed by atoms with Crippen molar-refractivity contribution in [3.63, 3.8) is 0 Å². The van der Waals surface area contributed by atoms with Crippen LogP contribution in [0.5, 0.6) is 5.75 Å². The van der Waals surface area contributed by atoms with Crippen molar-refractivity contribution in [2.75, 3.05) is 19.7 Å². The average molecular weight is 344 g/mol. The first kappa shape index (κ1) is 17.9. The van der Waals surface area contributed by atoms with E-state index in [0.717, 1.165) is 24.7 Å². The molecule has 3 rings (SSSR count). The molecule has 1 N–H and O–H groups in total. The number of aliphatic hydroxyl groups excluding tert-OH is 1. The van der Waals surface area contributed by atoms with Gasteiger partial charge in [0.1, 0.15) is 18.2 Å². The summed E-state index contributed by atoms with van der Waals surface area (Å²) in [4.78, 5) is 7.20. The summed E-state index contributed by atoms with van der Waals surface area (Å²) in [6.45, 7) is 5.24. The third-order valence-electron chi connectivity index (χ3n) is 4.73. The molecule has 1 unspecified atom stereocenters. The third kappa shape index (κ3) is 4.80. The first-order chi connectivity index (χ1) is 12.3. The Kier molecular flexibility index (Phi) is 6.42. The first-order valence-corrected chi connectivity index (χ1v) is 9.24. The largest absolute Gasteiger partial charge is 0.486 e. The molecule has 1 saturated heterocycles. The van der Waals surface area contributed by atoms with Gasteiger partial charge in [-0.05, 0) is 45.0 Å². The summed E-state index contributed by atoms with van der Waals surface area (Å²) >= 11 is 0. The van der Waals surface area contributed by atoms with Gasteiger partial charge in [-0.1, -0.05) is 31.0 Å². The number of aliphatic hydroxyl groups is 1. The summed E-state index contributed by atoms with van der Waals surface area (Å²) in [5, 5.41) is 13.9. The van der Waals surface area contributed by atoms with Crippen molar-refractivity contribution >= 4 is 0 Å². The molecule has 2 heterocycles. The maximum Gasteiger partial charge on any atom is 0.188 e. The molecule has 1 aliphatic heterocycles. The highest BCUT2D eigenvalue weighted by Gasteiger charge is 2.23. The van der Waals surface area contributed by atoms with E-state index in [2.05, 4.69) is 16.9 Å². The lowest BCUT2D eigenvalue weighted by atomic mass is 10.2. The molecule has 0 spiro atoms. The van der Waals surface area contributed by atoms with Crippen LogP contribution in [0.4, 0.5) is 0 Å². The second-order valence-electron chi connectivity index (χ2n) is 6.56. The van der Waals surface area contributed by atoms with Gasteiger partial charge in [-0.3, -0.25) is 4.90 Å². The van der Waals surface area contributed by atoms with Gasteiger partial charge in [0.05, 0.1) is 19.2 Å². The summed E-state index contributed by atoms with van der Waals surface area (Å²) in [5.41, 5.74) is 0. The van der Waals surface area contributed by atoms with E-state index in [-0.39, 0.29) is 12.6 Å². The van der Waals surface area contributed by atoms with Gasteiger partial charge in [0.2, 0.25) is 0 Å². The molecule has 0 bridgehead atoms. The Morgan fingerprint density at radius 3 is 2.52 bits per heavy atom. The SMILES string of the molecule is CC(c1nc(COc2ccccc2)nn1CCO)N1CCCCCC1. The van der Waals surface area contributed by atoms with Crippen LogP contribution in [0.25, 0.3) is 0 Å². The van der Waals surface area contributed by atoms with E-state index in [1.165, 1.54) is 25.7 Å². The van der Waals surface area contributed by atoms with Gasteiger partial charge < -0.3 is 9.84 Å². The maximum atomic E-state index is 9.36. The van der Waals surface area contributed by atoms with E-state index in [1.807, 2.05) is 35.0 Å². The normalized spacial score (nSPS) is 17.2. The fourth-order valence-electron chi connectivity index (χ4n) is 3.34. The number of likely N-dealkylation sites (tertiary alicyclic amines) is 1. The molecule has 1 aromatic heterocycles. The predicted octanol–water partition coefficient (Wildman–Crippen LogP) is 2.79. The Morgan fingerprint density at radius 2 is 1.84 bits per heavy atom. The molecule has 0 radical (unpaired) electrons. The summed E-state index contributed by atoms with van der Waals surface area (Å²) in [5.74, 6) is 2.39. The van der Waals surface area contributed by atoms with Crippen LogP contribution in [0, 0.1) is 0 Å². The molecule has 6 nitrogen and oxygen atoms in total. The first-order valence-electron chi connectivity index (χ1n) is 9.24. The van der Waals surface area contributed by atoms with Gasteiger partial charge in [0.15, 0.2) is 5.82 Å². The molecular formula is C19H28N4O2. The van der Waals surface area contributed by atoms with Crippen LogP contribution in [-0.2, 0) is 13.2 Å². The average Bonchev–Trinajstić information content (AvgIpc) is 2.85. The highest BCUT2D eigenvalue weighted by Crippen LogP contribution is 2.23. The van der Waals surface area contributed by atoms with E-state index >= 15 is 0 Å². The zero-order valence-electron chi connectivity index (χ0n) is 15.0. The van der Waals surface area contributed by atoms with Crippen molar-refractivity contribution in [2.24, 2.45) is 0 Å². The van der Waals surface area contributed by atoms with Crippen LogP contribution in [0.1, 0.15) is 50.3 Å². The summed E-state index contributed by atoms with van der Waals surface area (Å²) < 4.78 is 7.60. The molecule has 0 saturated carbocycles. The Labute approximate surface area is 149 Å². The molecule has 0 amide bonds. The second-order valence-corrected chi connectivity index (χ2v) is 6.56. The Bertz CT molecular complexity index is 636. The van der Waals surface area contributed by atoms with E-state index < -0.39 is 0 Å². The van der Waals surface area contributed by atoms with E-state index in [9.17, 15) is 5.11 Å². The number of nitrogens with zero attached hydrogens (tertiary/aromatic N) is 4. The molecule has 0 aliphatic carbocycles. The second kappa shape index (κ2) is 8.97. The van der Waals surface area contributed by atoms with Gasteiger partial charge in [-0.15, -0.1) is 0 Å². The van der Waals surface area contributed by atoms with Crippen molar-refractivity contribution in [1.82, 2.24) is 19.7 Å². The topological polar surface area (TPSA) is 63.4 Å². The lowest BCUT2D eigenvalue weighted by Gasteiger charge is -2.26. The lowest BCUT2D eigenvalue weighted by Crippen LogP contribution is -2.30. The number of rotatable bonds is 7. The molecule has 25 heavy (non-hydrogen) atoms. The molecule has 1 aliphatic rings. The van der Waals surface area contributed by atoms with Crippen LogP contribution in [0.3, 0.4) is 0 Å². The molecule has 2 aromatic rings. The monoisotopic (exact) mass is 344 g/mol. The fourth-order valence-corrected chi connectivity index (χ4v) is 3.34. The van der Waals surface area contributed by atoms with E-state index in [0.29, 0.717) is 19.0 Å². The van der Waals surface area contributed by atoms with Crippen molar-refractivity contribution in [3.05, 3.63) is 42.0 Å². The van der Waals surface area contributed by atoms with E-state index in [4.69, 9.17) is 9.72 Å². The number of hydrogen-bond donors (Lipinski definition) is 1. The number of benzene rings is 1. The molecule has 1 aromatic carbocycles. The summed E-state index contributed by atoms with van der Waals surface area (Å²) in [7, 11) is 0. The minimum atomic E-state index is 0.0576. The van der Waals surface area contributed by atoms with Gasteiger partial charge >= 0.3 is 0 Å². The summed E-state index contributed by atoms with van der Waals surface area (Å²) in [6.07, 6.45) is 5.09. The zero-order valence-corrected chi connectivity index (χ0v) is 15.0. The van der Waals surface area contributed by atoms with Gasteiger partial charge in [0, 0.05) is 0 Å². The maximum absolute atomic E-state index is 9.36.